The zero-order chi connectivity index (χ0) is 20.4. The van der Waals surface area contributed by atoms with E-state index >= 15 is 0 Å². The number of fused-ring (bicyclic) bond motifs is 1. The monoisotopic (exact) mass is 376 g/mol. The molecule has 0 bridgehead atoms. The number of anilines is 1. The molecule has 3 heteroatoms. The molecule has 3 rings (SSSR count). The highest BCUT2D eigenvalue weighted by Crippen LogP contribution is 2.44. The van der Waals surface area contributed by atoms with Gasteiger partial charge in [0.15, 0.2) is 0 Å². The third-order valence-electron chi connectivity index (χ3n) is 5.59. The Balaban J connectivity index is 2.30. The van der Waals surface area contributed by atoms with Gasteiger partial charge in [0, 0.05) is 16.9 Å². The van der Waals surface area contributed by atoms with Gasteiger partial charge in [-0.1, -0.05) is 50.8 Å². The molecule has 1 unspecified atom stereocenters. The predicted molar refractivity (Wildman–Crippen MR) is 119 cm³/mol. The van der Waals surface area contributed by atoms with E-state index in [4.69, 9.17) is 5.73 Å². The first-order valence-electron chi connectivity index (χ1n) is 9.88. The van der Waals surface area contributed by atoms with Gasteiger partial charge in [0.25, 0.3) is 0 Å². The lowest BCUT2D eigenvalue weighted by molar-refractivity contribution is 0.591. The van der Waals surface area contributed by atoms with Crippen molar-refractivity contribution in [3.05, 3.63) is 82.8 Å². The Morgan fingerprint density at radius 2 is 1.96 bits per heavy atom. The second kappa shape index (κ2) is 8.15. The fourth-order valence-corrected chi connectivity index (χ4v) is 3.84. The van der Waals surface area contributed by atoms with Gasteiger partial charge in [0.2, 0.25) is 0 Å². The molecule has 0 radical (unpaired) electrons. The van der Waals surface area contributed by atoms with Crippen LogP contribution in [0.25, 0.3) is 16.7 Å². The zero-order valence-electron chi connectivity index (χ0n) is 17.2. The number of hydrogen-bond acceptors (Lipinski definition) is 2. The van der Waals surface area contributed by atoms with Gasteiger partial charge in [-0.05, 0) is 78.3 Å². The summed E-state index contributed by atoms with van der Waals surface area (Å²) in [5.41, 5.74) is 14.8. The molecular weight excluding hydrogens is 347 g/mol. The van der Waals surface area contributed by atoms with Crippen LogP contribution in [0.4, 0.5) is 10.1 Å². The summed E-state index contributed by atoms with van der Waals surface area (Å²) in [6.07, 6.45) is 5.02. The summed E-state index contributed by atoms with van der Waals surface area (Å²) in [7, 11) is 0. The Morgan fingerprint density at radius 1 is 1.21 bits per heavy atom. The highest BCUT2D eigenvalue weighted by atomic mass is 19.1. The summed E-state index contributed by atoms with van der Waals surface area (Å²) < 4.78 is 14.9. The first kappa shape index (κ1) is 20.1. The van der Waals surface area contributed by atoms with Gasteiger partial charge in [0.05, 0.1) is 0 Å². The molecular formula is C25H29FN2. The van der Waals surface area contributed by atoms with E-state index < -0.39 is 0 Å². The molecule has 2 nitrogen and oxygen atoms in total. The molecule has 0 saturated carbocycles. The van der Waals surface area contributed by atoms with E-state index in [0.717, 1.165) is 45.6 Å². The van der Waals surface area contributed by atoms with Crippen LogP contribution in [0.15, 0.2) is 60.3 Å². The number of hydrogen-bond donors (Lipinski definition) is 2. The maximum Gasteiger partial charge on any atom is 0.127 e. The summed E-state index contributed by atoms with van der Waals surface area (Å²) in [6.45, 7) is 12.7. The fraction of sp³-hybridized carbons (Fsp3) is 0.280. The van der Waals surface area contributed by atoms with Gasteiger partial charge in [0.1, 0.15) is 5.82 Å². The minimum absolute atomic E-state index is 0.00454. The largest absolute Gasteiger partial charge is 0.355 e. The predicted octanol–water partition coefficient (Wildman–Crippen LogP) is 6.41. The molecule has 1 aliphatic rings. The Morgan fingerprint density at radius 3 is 2.57 bits per heavy atom. The number of allylic oxidation sites excluding steroid dienone is 4. The summed E-state index contributed by atoms with van der Waals surface area (Å²) >= 11 is 0. The minimum Gasteiger partial charge on any atom is -0.355 e. The van der Waals surface area contributed by atoms with Crippen molar-refractivity contribution in [2.45, 2.75) is 40.0 Å². The summed E-state index contributed by atoms with van der Waals surface area (Å²) in [4.78, 5) is 0. The lowest BCUT2D eigenvalue weighted by Gasteiger charge is -2.28. The molecule has 1 heterocycles. The molecule has 0 saturated heterocycles. The quantitative estimate of drug-likeness (QED) is 0.633. The van der Waals surface area contributed by atoms with Crippen molar-refractivity contribution in [2.75, 3.05) is 11.9 Å². The molecule has 146 valence electrons. The Hall–Kier alpha value is -2.65. The van der Waals surface area contributed by atoms with Gasteiger partial charge < -0.3 is 11.1 Å². The van der Waals surface area contributed by atoms with E-state index in [9.17, 15) is 4.39 Å². The molecule has 2 aromatic rings. The van der Waals surface area contributed by atoms with Gasteiger partial charge in [-0.15, -0.1) is 0 Å². The van der Waals surface area contributed by atoms with E-state index in [2.05, 4.69) is 44.0 Å². The molecule has 28 heavy (non-hydrogen) atoms. The first-order valence-corrected chi connectivity index (χ1v) is 9.88. The van der Waals surface area contributed by atoms with Crippen LogP contribution in [0.3, 0.4) is 0 Å². The van der Waals surface area contributed by atoms with Crippen molar-refractivity contribution in [1.29, 1.82) is 0 Å². The summed E-state index contributed by atoms with van der Waals surface area (Å²) in [5.74, 6) is -0.202. The topological polar surface area (TPSA) is 38.0 Å². The third kappa shape index (κ3) is 3.43. The van der Waals surface area contributed by atoms with Crippen LogP contribution in [-0.4, -0.2) is 6.54 Å². The second-order valence-electron chi connectivity index (χ2n) is 7.39. The Bertz CT molecular complexity index is 982. The van der Waals surface area contributed by atoms with Crippen LogP contribution in [0.2, 0.25) is 0 Å². The van der Waals surface area contributed by atoms with Crippen molar-refractivity contribution in [3.8, 4) is 11.1 Å². The van der Waals surface area contributed by atoms with Crippen LogP contribution in [0.5, 0.6) is 0 Å². The first-order chi connectivity index (χ1) is 13.4. The maximum atomic E-state index is 14.9. The number of nitrogens with one attached hydrogen (secondary N) is 1. The van der Waals surface area contributed by atoms with Gasteiger partial charge in [-0.25, -0.2) is 4.39 Å². The van der Waals surface area contributed by atoms with E-state index in [1.165, 1.54) is 5.56 Å². The van der Waals surface area contributed by atoms with Crippen molar-refractivity contribution in [2.24, 2.45) is 5.73 Å². The maximum absolute atomic E-state index is 14.9. The van der Waals surface area contributed by atoms with Gasteiger partial charge in [-0.2, -0.15) is 0 Å². The summed E-state index contributed by atoms with van der Waals surface area (Å²) in [5, 5.41) is 3.42. The molecule has 0 amide bonds. The highest BCUT2D eigenvalue weighted by molar-refractivity contribution is 5.98. The molecule has 1 aliphatic heterocycles. The zero-order valence-corrected chi connectivity index (χ0v) is 17.2. The number of halogens is 1. The van der Waals surface area contributed by atoms with Crippen molar-refractivity contribution in [3.63, 3.8) is 0 Å². The normalized spacial score (nSPS) is 15.0. The third-order valence-corrected chi connectivity index (χ3v) is 5.59. The molecule has 0 fully saturated rings. The standard InChI is InChI=1S/C25H29FN2/c1-6-8-21-16(4)17(5)28-23-12-10-18(7-2)24(25(21)23)19-9-11-20(15(3)14-27)22(26)13-19/h6,8-13,15,28H,5,7,14,27H2,1-4H3/b8-6-. The average Bonchev–Trinajstić information content (AvgIpc) is 2.70. The van der Waals surface area contributed by atoms with Gasteiger partial charge >= 0.3 is 0 Å². The number of benzene rings is 2. The van der Waals surface area contributed by atoms with Gasteiger partial charge in [-0.3, -0.25) is 0 Å². The molecule has 0 aliphatic carbocycles. The molecule has 2 aromatic carbocycles. The second-order valence-corrected chi connectivity index (χ2v) is 7.39. The Kier molecular flexibility index (Phi) is 5.85. The van der Waals surface area contributed by atoms with E-state index in [1.54, 1.807) is 6.07 Å². The fourth-order valence-electron chi connectivity index (χ4n) is 3.84. The van der Waals surface area contributed by atoms with E-state index in [1.807, 2.05) is 32.1 Å². The van der Waals surface area contributed by atoms with E-state index in [0.29, 0.717) is 12.1 Å². The van der Waals surface area contributed by atoms with Crippen molar-refractivity contribution >= 4 is 11.3 Å². The number of nitrogens with two attached hydrogens (primary N) is 1. The van der Waals surface area contributed by atoms with Crippen molar-refractivity contribution in [1.82, 2.24) is 0 Å². The SMILES string of the molecule is C=C1Nc2ccc(CC)c(-c3ccc(C(C)CN)c(F)c3)c2C(/C=C\C)=C1C. The highest BCUT2D eigenvalue weighted by Gasteiger charge is 2.23. The average molecular weight is 377 g/mol. The lowest BCUT2D eigenvalue weighted by atomic mass is 9.83. The van der Waals surface area contributed by atoms with Crippen LogP contribution < -0.4 is 11.1 Å². The number of aryl methyl sites for hydroxylation is 1. The smallest absolute Gasteiger partial charge is 0.127 e. The van der Waals surface area contributed by atoms with Crippen LogP contribution >= 0.6 is 0 Å². The van der Waals surface area contributed by atoms with Crippen molar-refractivity contribution < 1.29 is 4.39 Å². The Labute approximate surface area is 167 Å². The molecule has 1 atom stereocenters. The van der Waals surface area contributed by atoms with Crippen LogP contribution in [0, 0.1) is 5.82 Å². The molecule has 0 aromatic heterocycles. The molecule has 0 spiro atoms. The van der Waals surface area contributed by atoms with Crippen LogP contribution in [0.1, 0.15) is 50.3 Å². The summed E-state index contributed by atoms with van der Waals surface area (Å²) in [6, 6.07) is 9.77. The molecule has 3 N–H and O–H groups in total. The minimum atomic E-state index is -0.198. The number of rotatable bonds is 5. The van der Waals surface area contributed by atoms with E-state index in [-0.39, 0.29) is 11.7 Å². The van der Waals surface area contributed by atoms with Crippen LogP contribution in [-0.2, 0) is 6.42 Å². The lowest BCUT2D eigenvalue weighted by Crippen LogP contribution is -2.12.